The average molecular weight is 230 g/mol. The molecule has 0 aliphatic carbocycles. The second-order valence-electron chi connectivity index (χ2n) is 4.34. The van der Waals surface area contributed by atoms with Gasteiger partial charge in [-0.3, -0.25) is 9.69 Å². The van der Waals surface area contributed by atoms with Gasteiger partial charge in [-0.05, 0) is 13.0 Å². The first kappa shape index (κ1) is 13.4. The van der Waals surface area contributed by atoms with E-state index in [-0.39, 0.29) is 18.6 Å². The van der Waals surface area contributed by atoms with Crippen LogP contribution in [0.2, 0.25) is 0 Å². The fourth-order valence-electron chi connectivity index (χ4n) is 1.81. The summed E-state index contributed by atoms with van der Waals surface area (Å²) in [4.78, 5) is 15.2. The van der Waals surface area contributed by atoms with Crippen LogP contribution >= 0.6 is 0 Å². The van der Waals surface area contributed by atoms with Gasteiger partial charge in [-0.15, -0.1) is 0 Å². The van der Waals surface area contributed by atoms with E-state index in [2.05, 4.69) is 4.90 Å². The standard InChI is InChI=1S/C11H22N2O3/c1-12(2)11(15)4-3-5-13-6-7-16-9-10(13)8-14/h10,14H,3-9H2,1-2H3. The third-order valence-electron chi connectivity index (χ3n) is 2.89. The number of hydrogen-bond acceptors (Lipinski definition) is 4. The molecule has 5 nitrogen and oxygen atoms in total. The number of carbonyl (C=O) groups is 1. The highest BCUT2D eigenvalue weighted by atomic mass is 16.5. The van der Waals surface area contributed by atoms with Crippen molar-refractivity contribution in [3.05, 3.63) is 0 Å². The molecule has 1 heterocycles. The molecule has 1 aliphatic rings. The molecule has 1 rings (SSSR count). The maximum atomic E-state index is 11.4. The molecule has 1 fully saturated rings. The van der Waals surface area contributed by atoms with Crippen molar-refractivity contribution in [2.24, 2.45) is 0 Å². The van der Waals surface area contributed by atoms with Crippen molar-refractivity contribution >= 4 is 5.91 Å². The van der Waals surface area contributed by atoms with Crippen LogP contribution in [0.4, 0.5) is 0 Å². The molecule has 0 aromatic carbocycles. The highest BCUT2D eigenvalue weighted by Crippen LogP contribution is 2.08. The number of rotatable bonds is 5. The van der Waals surface area contributed by atoms with Gasteiger partial charge in [0.2, 0.25) is 5.91 Å². The first-order valence-electron chi connectivity index (χ1n) is 5.78. The first-order valence-corrected chi connectivity index (χ1v) is 5.78. The number of carbonyl (C=O) groups excluding carboxylic acids is 1. The van der Waals surface area contributed by atoms with Crippen molar-refractivity contribution in [1.82, 2.24) is 9.80 Å². The van der Waals surface area contributed by atoms with Gasteiger partial charge in [0.25, 0.3) is 0 Å². The minimum Gasteiger partial charge on any atom is -0.395 e. The van der Waals surface area contributed by atoms with Crippen LogP contribution in [-0.2, 0) is 9.53 Å². The minimum atomic E-state index is 0.100. The van der Waals surface area contributed by atoms with Gasteiger partial charge >= 0.3 is 0 Å². The predicted octanol–water partition coefficient (Wildman–Crippen LogP) is -0.452. The SMILES string of the molecule is CN(C)C(=O)CCCN1CCOCC1CO. The van der Waals surface area contributed by atoms with Crippen LogP contribution in [0.25, 0.3) is 0 Å². The van der Waals surface area contributed by atoms with Crippen molar-refractivity contribution in [2.45, 2.75) is 18.9 Å². The van der Waals surface area contributed by atoms with E-state index in [9.17, 15) is 4.79 Å². The summed E-state index contributed by atoms with van der Waals surface area (Å²) in [5.74, 6) is 0.161. The van der Waals surface area contributed by atoms with Crippen LogP contribution in [0.3, 0.4) is 0 Å². The number of ether oxygens (including phenoxy) is 1. The highest BCUT2D eigenvalue weighted by molar-refractivity contribution is 5.75. The lowest BCUT2D eigenvalue weighted by Gasteiger charge is -2.34. The normalized spacial score (nSPS) is 22.1. The van der Waals surface area contributed by atoms with Gasteiger partial charge in [-0.25, -0.2) is 0 Å². The van der Waals surface area contributed by atoms with E-state index in [1.165, 1.54) is 0 Å². The van der Waals surface area contributed by atoms with Gasteiger partial charge < -0.3 is 14.7 Å². The summed E-state index contributed by atoms with van der Waals surface area (Å²) < 4.78 is 5.29. The summed E-state index contributed by atoms with van der Waals surface area (Å²) in [6.45, 7) is 3.15. The van der Waals surface area contributed by atoms with Gasteiger partial charge in [0.05, 0.1) is 25.9 Å². The molecule has 0 bridgehead atoms. The summed E-state index contributed by atoms with van der Waals surface area (Å²) in [5.41, 5.74) is 0. The van der Waals surface area contributed by atoms with Gasteiger partial charge in [-0.2, -0.15) is 0 Å². The van der Waals surface area contributed by atoms with Crippen molar-refractivity contribution in [3.63, 3.8) is 0 Å². The molecule has 1 aliphatic heterocycles. The summed E-state index contributed by atoms with van der Waals surface area (Å²) >= 11 is 0. The zero-order valence-corrected chi connectivity index (χ0v) is 10.2. The molecule has 0 spiro atoms. The fourth-order valence-corrected chi connectivity index (χ4v) is 1.81. The molecule has 5 heteroatoms. The Hall–Kier alpha value is -0.650. The van der Waals surface area contributed by atoms with Crippen LogP contribution in [0.15, 0.2) is 0 Å². The van der Waals surface area contributed by atoms with Crippen molar-refractivity contribution in [2.75, 3.05) is 47.0 Å². The van der Waals surface area contributed by atoms with Gasteiger partial charge in [0.15, 0.2) is 0 Å². The second-order valence-corrected chi connectivity index (χ2v) is 4.34. The van der Waals surface area contributed by atoms with Crippen LogP contribution < -0.4 is 0 Å². The zero-order valence-electron chi connectivity index (χ0n) is 10.2. The van der Waals surface area contributed by atoms with E-state index in [1.807, 2.05) is 0 Å². The number of morpholine rings is 1. The summed E-state index contributed by atoms with van der Waals surface area (Å²) in [6.07, 6.45) is 1.41. The molecule has 0 saturated carbocycles. The van der Waals surface area contributed by atoms with Gasteiger partial charge in [0.1, 0.15) is 0 Å². The Morgan fingerprint density at radius 3 is 2.94 bits per heavy atom. The van der Waals surface area contributed by atoms with Crippen LogP contribution in [0.5, 0.6) is 0 Å². The number of aliphatic hydroxyl groups excluding tert-OH is 1. The van der Waals surface area contributed by atoms with E-state index in [0.29, 0.717) is 13.0 Å². The maximum absolute atomic E-state index is 11.4. The lowest BCUT2D eigenvalue weighted by Crippen LogP contribution is -2.47. The minimum absolute atomic E-state index is 0.100. The lowest BCUT2D eigenvalue weighted by molar-refractivity contribution is -0.128. The van der Waals surface area contributed by atoms with E-state index >= 15 is 0 Å². The smallest absolute Gasteiger partial charge is 0.222 e. The van der Waals surface area contributed by atoms with E-state index in [4.69, 9.17) is 9.84 Å². The molecule has 1 saturated heterocycles. The van der Waals surface area contributed by atoms with Crippen LogP contribution in [-0.4, -0.2) is 73.9 Å². The Labute approximate surface area is 97.0 Å². The molecule has 1 N–H and O–H groups in total. The molecule has 0 aromatic rings. The van der Waals surface area contributed by atoms with Crippen LogP contribution in [0, 0.1) is 0 Å². The van der Waals surface area contributed by atoms with Crippen molar-refractivity contribution in [3.8, 4) is 0 Å². The zero-order chi connectivity index (χ0) is 12.0. The average Bonchev–Trinajstić information content (AvgIpc) is 2.29. The first-order chi connectivity index (χ1) is 7.65. The third kappa shape index (κ3) is 4.08. The van der Waals surface area contributed by atoms with E-state index in [1.54, 1.807) is 19.0 Å². The predicted molar refractivity (Wildman–Crippen MR) is 61.2 cm³/mol. The summed E-state index contributed by atoms with van der Waals surface area (Å²) in [7, 11) is 3.54. The number of nitrogens with zero attached hydrogens (tertiary/aromatic N) is 2. The fraction of sp³-hybridized carbons (Fsp3) is 0.909. The monoisotopic (exact) mass is 230 g/mol. The van der Waals surface area contributed by atoms with E-state index < -0.39 is 0 Å². The topological polar surface area (TPSA) is 53.0 Å². The molecule has 1 amide bonds. The largest absolute Gasteiger partial charge is 0.395 e. The maximum Gasteiger partial charge on any atom is 0.222 e. The molecular weight excluding hydrogens is 208 g/mol. The van der Waals surface area contributed by atoms with Crippen molar-refractivity contribution < 1.29 is 14.6 Å². The second kappa shape index (κ2) is 6.83. The Bertz CT molecular complexity index is 221. The molecule has 1 unspecified atom stereocenters. The van der Waals surface area contributed by atoms with Crippen molar-refractivity contribution in [1.29, 1.82) is 0 Å². The highest BCUT2D eigenvalue weighted by Gasteiger charge is 2.21. The number of amides is 1. The molecule has 0 aromatic heterocycles. The molecule has 0 radical (unpaired) electrons. The lowest BCUT2D eigenvalue weighted by atomic mass is 10.2. The van der Waals surface area contributed by atoms with E-state index in [0.717, 1.165) is 26.1 Å². The Morgan fingerprint density at radius 2 is 2.31 bits per heavy atom. The molecule has 1 atom stereocenters. The third-order valence-corrected chi connectivity index (χ3v) is 2.89. The van der Waals surface area contributed by atoms with Crippen LogP contribution in [0.1, 0.15) is 12.8 Å². The number of hydrogen-bond donors (Lipinski definition) is 1. The van der Waals surface area contributed by atoms with Gasteiger partial charge in [-0.1, -0.05) is 0 Å². The Morgan fingerprint density at radius 1 is 1.56 bits per heavy atom. The Balaban J connectivity index is 2.22. The number of aliphatic hydroxyl groups is 1. The summed E-state index contributed by atoms with van der Waals surface area (Å²) in [5, 5.41) is 9.16. The molecular formula is C11H22N2O3. The molecule has 94 valence electrons. The summed E-state index contributed by atoms with van der Waals surface area (Å²) in [6, 6.07) is 0.100. The quantitative estimate of drug-likeness (QED) is 0.695. The molecule has 16 heavy (non-hydrogen) atoms. The van der Waals surface area contributed by atoms with Gasteiger partial charge in [0, 0.05) is 27.1 Å². The Kier molecular flexibility index (Phi) is 5.73.